The molecule has 0 saturated heterocycles. The van der Waals surface area contributed by atoms with Gasteiger partial charge in [-0.05, 0) is 25.1 Å². The second-order valence-electron chi connectivity index (χ2n) is 3.11. The third kappa shape index (κ3) is 9.57. The van der Waals surface area contributed by atoms with E-state index in [1.165, 1.54) is 12.1 Å². The van der Waals surface area contributed by atoms with E-state index in [4.69, 9.17) is 21.1 Å². The molecule has 7 heteroatoms. The molecule has 5 N–H and O–H groups in total. The first-order chi connectivity index (χ1) is 7.99. The van der Waals surface area contributed by atoms with Crippen LogP contribution < -0.4 is 5.73 Å². The van der Waals surface area contributed by atoms with Crippen molar-refractivity contribution in [1.82, 2.24) is 0 Å². The standard InChI is InChI=1S/C7H6O3.C4H9NO2.K.H/c8-6-4-2-1-3-5(6)7(9)10;5-3-1-2-4(6)7;;/h1-4,8H,(H,9,10);1-3,5H2,(H,6,7);;. The fourth-order valence-corrected chi connectivity index (χ4v) is 0.908. The van der Waals surface area contributed by atoms with Gasteiger partial charge in [0.1, 0.15) is 11.3 Å². The average Bonchev–Trinajstić information content (AvgIpc) is 2.27. The molecule has 0 bridgehead atoms. The van der Waals surface area contributed by atoms with E-state index in [1.54, 1.807) is 12.1 Å². The number of aromatic carboxylic acids is 1. The third-order valence-electron chi connectivity index (χ3n) is 1.73. The molecular weight excluding hydrogens is 265 g/mol. The Balaban J connectivity index is 0. The van der Waals surface area contributed by atoms with E-state index in [0.717, 1.165) is 0 Å². The summed E-state index contributed by atoms with van der Waals surface area (Å²) in [5.41, 5.74) is 4.95. The second kappa shape index (κ2) is 11.6. The predicted octanol–water partition coefficient (Wildman–Crippen LogP) is 0.252. The van der Waals surface area contributed by atoms with Gasteiger partial charge in [0.25, 0.3) is 0 Å². The van der Waals surface area contributed by atoms with Gasteiger partial charge in [0, 0.05) is 6.42 Å². The zero-order valence-electron chi connectivity index (χ0n) is 9.17. The number of carboxylic acids is 2. The summed E-state index contributed by atoms with van der Waals surface area (Å²) in [6, 6.07) is 5.81. The van der Waals surface area contributed by atoms with E-state index in [1.807, 2.05) is 0 Å². The van der Waals surface area contributed by atoms with Crippen LogP contribution in [0.25, 0.3) is 0 Å². The Morgan fingerprint density at radius 3 is 2.00 bits per heavy atom. The minimum absolute atomic E-state index is 0. The van der Waals surface area contributed by atoms with E-state index < -0.39 is 11.9 Å². The van der Waals surface area contributed by atoms with Gasteiger partial charge in [0.15, 0.2) is 0 Å². The Morgan fingerprint density at radius 1 is 1.17 bits per heavy atom. The van der Waals surface area contributed by atoms with Crippen molar-refractivity contribution in [2.75, 3.05) is 6.54 Å². The number of para-hydroxylation sites is 1. The van der Waals surface area contributed by atoms with Gasteiger partial charge in [0.2, 0.25) is 0 Å². The zero-order chi connectivity index (χ0) is 13.3. The molecule has 0 spiro atoms. The predicted molar refractivity (Wildman–Crippen MR) is 68.1 cm³/mol. The molecule has 1 aromatic rings. The molecule has 0 atom stereocenters. The molecule has 0 heterocycles. The van der Waals surface area contributed by atoms with Crippen LogP contribution >= 0.6 is 0 Å². The maximum atomic E-state index is 10.3. The van der Waals surface area contributed by atoms with Crippen molar-refractivity contribution in [1.29, 1.82) is 0 Å². The number of aliphatic carboxylic acids is 1. The fraction of sp³-hybridized carbons (Fsp3) is 0.273. The fourth-order valence-electron chi connectivity index (χ4n) is 0.908. The molecule has 0 aliphatic heterocycles. The van der Waals surface area contributed by atoms with Crippen LogP contribution in [-0.2, 0) is 4.79 Å². The molecule has 0 unspecified atom stereocenters. The average molecular weight is 281 g/mol. The van der Waals surface area contributed by atoms with Crippen molar-refractivity contribution in [3.05, 3.63) is 29.8 Å². The SMILES string of the molecule is NCCCC(=O)O.O=C(O)c1ccccc1O.[KH]. The van der Waals surface area contributed by atoms with Crippen LogP contribution in [0.1, 0.15) is 23.2 Å². The van der Waals surface area contributed by atoms with Gasteiger partial charge >= 0.3 is 63.3 Å². The summed E-state index contributed by atoms with van der Waals surface area (Å²) in [5.74, 6) is -2.08. The summed E-state index contributed by atoms with van der Waals surface area (Å²) in [5, 5.41) is 25.3. The van der Waals surface area contributed by atoms with Crippen LogP contribution in [0.4, 0.5) is 0 Å². The van der Waals surface area contributed by atoms with Gasteiger partial charge in [-0.1, -0.05) is 12.1 Å². The van der Waals surface area contributed by atoms with Crippen LogP contribution in [-0.4, -0.2) is 85.2 Å². The topological polar surface area (TPSA) is 121 Å². The number of aromatic hydroxyl groups is 1. The van der Waals surface area contributed by atoms with Gasteiger partial charge in [-0.25, -0.2) is 4.79 Å². The molecule has 0 amide bonds. The number of hydrogen-bond acceptors (Lipinski definition) is 4. The number of phenols is 1. The first-order valence-corrected chi connectivity index (χ1v) is 4.92. The zero-order valence-corrected chi connectivity index (χ0v) is 9.17. The van der Waals surface area contributed by atoms with Crippen molar-refractivity contribution in [2.24, 2.45) is 5.73 Å². The maximum absolute atomic E-state index is 10.3. The molecule has 18 heavy (non-hydrogen) atoms. The summed E-state index contributed by atoms with van der Waals surface area (Å²) >= 11 is 0. The molecule has 6 nitrogen and oxygen atoms in total. The number of benzene rings is 1. The molecule has 1 rings (SSSR count). The normalized spacial score (nSPS) is 8.50. The Morgan fingerprint density at radius 2 is 1.72 bits per heavy atom. The Hall–Kier alpha value is -0.444. The van der Waals surface area contributed by atoms with Crippen LogP contribution in [0, 0.1) is 0 Å². The number of rotatable bonds is 4. The molecular formula is C11H16KNO5. The van der Waals surface area contributed by atoms with E-state index >= 15 is 0 Å². The van der Waals surface area contributed by atoms with Crippen LogP contribution in [0.2, 0.25) is 0 Å². The summed E-state index contributed by atoms with van der Waals surface area (Å²) in [7, 11) is 0. The van der Waals surface area contributed by atoms with Gasteiger partial charge < -0.3 is 21.1 Å². The number of carboxylic acid groups (broad SMARTS) is 2. The van der Waals surface area contributed by atoms with Gasteiger partial charge in [0.05, 0.1) is 0 Å². The molecule has 0 saturated carbocycles. The van der Waals surface area contributed by atoms with Crippen LogP contribution in [0.15, 0.2) is 24.3 Å². The molecule has 0 aliphatic rings. The monoisotopic (exact) mass is 281 g/mol. The second-order valence-corrected chi connectivity index (χ2v) is 3.11. The molecule has 1 aromatic carbocycles. The van der Waals surface area contributed by atoms with Gasteiger partial charge in [-0.2, -0.15) is 0 Å². The Bertz CT molecular complexity index is 383. The summed E-state index contributed by atoms with van der Waals surface area (Å²) < 4.78 is 0. The van der Waals surface area contributed by atoms with Crippen molar-refractivity contribution in [3.63, 3.8) is 0 Å². The van der Waals surface area contributed by atoms with Crippen LogP contribution in [0.5, 0.6) is 5.75 Å². The van der Waals surface area contributed by atoms with Crippen LogP contribution in [0.3, 0.4) is 0 Å². The van der Waals surface area contributed by atoms with Gasteiger partial charge in [-0.3, -0.25) is 4.79 Å². The van der Waals surface area contributed by atoms with Crippen molar-refractivity contribution in [2.45, 2.75) is 12.8 Å². The first kappa shape index (κ1) is 19.9. The van der Waals surface area contributed by atoms with E-state index in [9.17, 15) is 9.59 Å². The number of nitrogens with two attached hydrogens (primary N) is 1. The minimum atomic E-state index is -1.11. The van der Waals surface area contributed by atoms with E-state index in [2.05, 4.69) is 0 Å². The van der Waals surface area contributed by atoms with Gasteiger partial charge in [-0.15, -0.1) is 0 Å². The number of carbonyl (C=O) groups is 2. The van der Waals surface area contributed by atoms with Crippen molar-refractivity contribution < 1.29 is 24.9 Å². The Kier molecular flexibility index (Phi) is 12.9. The molecule has 0 aromatic heterocycles. The molecule has 0 fully saturated rings. The Labute approximate surface area is 147 Å². The van der Waals surface area contributed by atoms with E-state index in [0.29, 0.717) is 13.0 Å². The molecule has 0 radical (unpaired) electrons. The quantitative estimate of drug-likeness (QED) is 0.587. The van der Waals surface area contributed by atoms with Crippen molar-refractivity contribution >= 4 is 63.3 Å². The first-order valence-electron chi connectivity index (χ1n) is 4.92. The van der Waals surface area contributed by atoms with Crippen molar-refractivity contribution in [3.8, 4) is 5.75 Å². The summed E-state index contributed by atoms with van der Waals surface area (Å²) in [6.07, 6.45) is 0.770. The summed E-state index contributed by atoms with van der Waals surface area (Å²) in [4.78, 5) is 20.0. The molecule has 96 valence electrons. The third-order valence-corrected chi connectivity index (χ3v) is 1.73. The van der Waals surface area contributed by atoms with E-state index in [-0.39, 0.29) is 69.1 Å². The summed E-state index contributed by atoms with van der Waals surface area (Å²) in [6.45, 7) is 0.465. The molecule has 0 aliphatic carbocycles. The number of hydrogen-bond donors (Lipinski definition) is 4.